The minimum absolute atomic E-state index is 0.0686. The van der Waals surface area contributed by atoms with Crippen molar-refractivity contribution < 1.29 is 14.0 Å². The summed E-state index contributed by atoms with van der Waals surface area (Å²) in [5, 5.41) is 2.70. The second kappa shape index (κ2) is 8.24. The standard InChI is InChI=1S/C15H22FN3O2/c1-3-7-18-14(20)10-19(8-4-2)15(21)12-6-5-11(17)9-13(12)16/h5-6,9H,3-4,7-8,10,17H2,1-2H3,(H,18,20). The zero-order valence-electron chi connectivity index (χ0n) is 12.5. The number of amides is 2. The molecule has 0 aliphatic rings. The quantitative estimate of drug-likeness (QED) is 0.753. The highest BCUT2D eigenvalue weighted by Crippen LogP contribution is 2.14. The van der Waals surface area contributed by atoms with Crippen molar-refractivity contribution in [2.45, 2.75) is 26.7 Å². The third-order valence-electron chi connectivity index (χ3n) is 2.91. The van der Waals surface area contributed by atoms with Crippen molar-refractivity contribution >= 4 is 17.5 Å². The van der Waals surface area contributed by atoms with Crippen LogP contribution < -0.4 is 11.1 Å². The van der Waals surface area contributed by atoms with Crippen molar-refractivity contribution in [3.05, 3.63) is 29.6 Å². The van der Waals surface area contributed by atoms with Gasteiger partial charge in [-0.3, -0.25) is 9.59 Å². The number of hydrogen-bond acceptors (Lipinski definition) is 3. The molecule has 3 N–H and O–H groups in total. The number of rotatable bonds is 7. The van der Waals surface area contributed by atoms with Gasteiger partial charge in [0.05, 0.1) is 12.1 Å². The van der Waals surface area contributed by atoms with Gasteiger partial charge in [0.1, 0.15) is 5.82 Å². The number of nitrogens with one attached hydrogen (secondary N) is 1. The number of halogens is 1. The van der Waals surface area contributed by atoms with Gasteiger partial charge in [-0.1, -0.05) is 13.8 Å². The Bertz CT molecular complexity index is 506. The molecule has 0 saturated carbocycles. The van der Waals surface area contributed by atoms with Crippen LogP contribution >= 0.6 is 0 Å². The van der Waals surface area contributed by atoms with Gasteiger partial charge in [-0.25, -0.2) is 4.39 Å². The maximum absolute atomic E-state index is 13.8. The summed E-state index contributed by atoms with van der Waals surface area (Å²) in [7, 11) is 0. The number of hydrogen-bond donors (Lipinski definition) is 2. The Hall–Kier alpha value is -2.11. The van der Waals surface area contributed by atoms with Crippen molar-refractivity contribution in [1.29, 1.82) is 0 Å². The molecule has 0 radical (unpaired) electrons. The highest BCUT2D eigenvalue weighted by molar-refractivity contribution is 5.97. The van der Waals surface area contributed by atoms with Crippen LogP contribution in [0.1, 0.15) is 37.0 Å². The average molecular weight is 295 g/mol. The minimum atomic E-state index is -0.671. The Morgan fingerprint density at radius 2 is 2.00 bits per heavy atom. The fraction of sp³-hybridized carbons (Fsp3) is 0.467. The van der Waals surface area contributed by atoms with Crippen molar-refractivity contribution in [3.63, 3.8) is 0 Å². The number of nitrogens with two attached hydrogens (primary N) is 1. The third-order valence-corrected chi connectivity index (χ3v) is 2.91. The van der Waals surface area contributed by atoms with Crippen LogP contribution in [0.15, 0.2) is 18.2 Å². The lowest BCUT2D eigenvalue weighted by Gasteiger charge is -2.22. The summed E-state index contributed by atoms with van der Waals surface area (Å²) < 4.78 is 13.8. The van der Waals surface area contributed by atoms with E-state index < -0.39 is 11.7 Å². The molecule has 0 aromatic heterocycles. The Balaban J connectivity index is 2.83. The van der Waals surface area contributed by atoms with Gasteiger partial charge in [-0.2, -0.15) is 0 Å². The summed E-state index contributed by atoms with van der Waals surface area (Å²) in [6.45, 7) is 4.71. The highest BCUT2D eigenvalue weighted by Gasteiger charge is 2.20. The van der Waals surface area contributed by atoms with Gasteiger partial charge in [0.15, 0.2) is 0 Å². The van der Waals surface area contributed by atoms with Crippen LogP contribution in [0.2, 0.25) is 0 Å². The largest absolute Gasteiger partial charge is 0.399 e. The summed E-state index contributed by atoms with van der Waals surface area (Å²) in [6.07, 6.45) is 1.50. The molecule has 1 rings (SSSR count). The molecule has 1 aromatic carbocycles. The molecular formula is C15H22FN3O2. The lowest BCUT2D eigenvalue weighted by molar-refractivity contribution is -0.121. The third kappa shape index (κ3) is 5.06. The number of nitrogen functional groups attached to an aromatic ring is 1. The highest BCUT2D eigenvalue weighted by atomic mass is 19.1. The molecule has 0 aliphatic carbocycles. The van der Waals surface area contributed by atoms with E-state index in [1.54, 1.807) is 0 Å². The first-order valence-electron chi connectivity index (χ1n) is 7.10. The lowest BCUT2D eigenvalue weighted by atomic mass is 10.1. The zero-order valence-corrected chi connectivity index (χ0v) is 12.5. The molecule has 0 heterocycles. The molecule has 0 unspecified atom stereocenters. The Kier molecular flexibility index (Phi) is 6.65. The molecular weight excluding hydrogens is 273 g/mol. The molecule has 116 valence electrons. The van der Waals surface area contributed by atoms with Gasteiger partial charge in [-0.05, 0) is 31.0 Å². The first-order valence-corrected chi connectivity index (χ1v) is 7.10. The maximum Gasteiger partial charge on any atom is 0.257 e. The fourth-order valence-corrected chi connectivity index (χ4v) is 1.89. The minimum Gasteiger partial charge on any atom is -0.399 e. The van der Waals surface area contributed by atoms with E-state index in [4.69, 9.17) is 5.73 Å². The number of nitrogens with zero attached hydrogens (tertiary/aromatic N) is 1. The molecule has 5 nitrogen and oxygen atoms in total. The summed E-state index contributed by atoms with van der Waals surface area (Å²) >= 11 is 0. The molecule has 0 fully saturated rings. The molecule has 1 aromatic rings. The fourth-order valence-electron chi connectivity index (χ4n) is 1.89. The van der Waals surface area contributed by atoms with Crippen LogP contribution in [-0.2, 0) is 4.79 Å². The van der Waals surface area contributed by atoms with Gasteiger partial charge in [0.25, 0.3) is 5.91 Å². The summed E-state index contributed by atoms with van der Waals surface area (Å²) in [5.74, 6) is -1.41. The number of benzene rings is 1. The lowest BCUT2D eigenvalue weighted by Crippen LogP contribution is -2.41. The Labute approximate surface area is 124 Å². The van der Waals surface area contributed by atoms with Gasteiger partial charge in [-0.15, -0.1) is 0 Å². The van der Waals surface area contributed by atoms with Crippen molar-refractivity contribution in [2.24, 2.45) is 0 Å². The smallest absolute Gasteiger partial charge is 0.257 e. The van der Waals surface area contributed by atoms with Crippen LogP contribution in [-0.4, -0.2) is 36.3 Å². The molecule has 0 aliphatic heterocycles. The molecule has 0 bridgehead atoms. The van der Waals surface area contributed by atoms with E-state index in [9.17, 15) is 14.0 Å². The van der Waals surface area contributed by atoms with E-state index >= 15 is 0 Å². The molecule has 21 heavy (non-hydrogen) atoms. The van der Waals surface area contributed by atoms with E-state index in [0.717, 1.165) is 12.5 Å². The van der Waals surface area contributed by atoms with E-state index in [2.05, 4.69) is 5.32 Å². The normalized spacial score (nSPS) is 10.2. The monoisotopic (exact) mass is 295 g/mol. The first-order chi connectivity index (χ1) is 9.99. The van der Waals surface area contributed by atoms with Gasteiger partial charge in [0, 0.05) is 18.8 Å². The van der Waals surface area contributed by atoms with E-state index in [1.807, 2.05) is 13.8 Å². The molecule has 0 atom stereocenters. The summed E-state index contributed by atoms with van der Waals surface area (Å²) in [6, 6.07) is 3.92. The first kappa shape index (κ1) is 16.9. The number of carbonyl (C=O) groups excluding carboxylic acids is 2. The van der Waals surface area contributed by atoms with Crippen molar-refractivity contribution in [3.8, 4) is 0 Å². The molecule has 2 amide bonds. The van der Waals surface area contributed by atoms with Gasteiger partial charge < -0.3 is 16.0 Å². The summed E-state index contributed by atoms with van der Waals surface area (Å²) in [5.41, 5.74) is 5.66. The SMILES string of the molecule is CCCNC(=O)CN(CCC)C(=O)c1ccc(N)cc1F. The van der Waals surface area contributed by atoms with E-state index in [-0.39, 0.29) is 23.7 Å². The van der Waals surface area contributed by atoms with Gasteiger partial charge in [0.2, 0.25) is 5.91 Å². The van der Waals surface area contributed by atoms with E-state index in [1.165, 1.54) is 17.0 Å². The predicted molar refractivity (Wildman–Crippen MR) is 80.3 cm³/mol. The zero-order chi connectivity index (χ0) is 15.8. The Morgan fingerprint density at radius 3 is 2.57 bits per heavy atom. The number of anilines is 1. The predicted octanol–water partition coefficient (Wildman–Crippen LogP) is 1.79. The van der Waals surface area contributed by atoms with Crippen LogP contribution in [0.4, 0.5) is 10.1 Å². The van der Waals surface area contributed by atoms with Crippen molar-refractivity contribution in [1.82, 2.24) is 10.2 Å². The number of carbonyl (C=O) groups is 2. The van der Waals surface area contributed by atoms with Crippen LogP contribution in [0.25, 0.3) is 0 Å². The molecule has 0 spiro atoms. The van der Waals surface area contributed by atoms with Crippen LogP contribution in [0.5, 0.6) is 0 Å². The van der Waals surface area contributed by atoms with Gasteiger partial charge >= 0.3 is 0 Å². The van der Waals surface area contributed by atoms with E-state index in [0.29, 0.717) is 19.5 Å². The maximum atomic E-state index is 13.8. The topological polar surface area (TPSA) is 75.4 Å². The average Bonchev–Trinajstić information content (AvgIpc) is 2.44. The summed E-state index contributed by atoms with van der Waals surface area (Å²) in [4.78, 5) is 25.4. The second-order valence-corrected chi connectivity index (χ2v) is 4.82. The molecule has 0 saturated heterocycles. The van der Waals surface area contributed by atoms with Crippen LogP contribution in [0.3, 0.4) is 0 Å². The van der Waals surface area contributed by atoms with Crippen LogP contribution in [0, 0.1) is 5.82 Å². The molecule has 6 heteroatoms. The Morgan fingerprint density at radius 1 is 1.29 bits per heavy atom. The second-order valence-electron chi connectivity index (χ2n) is 4.82. The van der Waals surface area contributed by atoms with Crippen molar-refractivity contribution in [2.75, 3.05) is 25.4 Å².